The summed E-state index contributed by atoms with van der Waals surface area (Å²) in [7, 11) is 0. The molecule has 0 atom stereocenters. The molecule has 0 spiro atoms. The van der Waals surface area contributed by atoms with Crippen LogP contribution < -0.4 is 4.74 Å². The van der Waals surface area contributed by atoms with Gasteiger partial charge in [-0.3, -0.25) is 0 Å². The van der Waals surface area contributed by atoms with Gasteiger partial charge in [0.1, 0.15) is 29.0 Å². The van der Waals surface area contributed by atoms with Crippen LogP contribution in [0.1, 0.15) is 48.4 Å². The van der Waals surface area contributed by atoms with E-state index in [4.69, 9.17) is 0 Å². The highest BCUT2D eigenvalue weighted by molar-refractivity contribution is 5.66. The summed E-state index contributed by atoms with van der Waals surface area (Å²) in [5.41, 5.74) is -2.49. The highest BCUT2D eigenvalue weighted by Gasteiger charge is 2.35. The Balaban J connectivity index is 1.54. The van der Waals surface area contributed by atoms with Crippen molar-refractivity contribution in [2.24, 2.45) is 0 Å². The molecule has 0 unspecified atom stereocenters. The smallest absolute Gasteiger partial charge is 0.426 e. The van der Waals surface area contributed by atoms with Gasteiger partial charge in [0.2, 0.25) is 0 Å². The molecule has 0 N–H and O–H groups in total. The van der Waals surface area contributed by atoms with Crippen LogP contribution in [0.4, 0.5) is 39.5 Å². The first-order valence-electron chi connectivity index (χ1n) is 12.7. The monoisotopic (exact) mass is 592 g/mol. The van der Waals surface area contributed by atoms with E-state index in [1.54, 1.807) is 0 Å². The standard InChI is InChI=1S/C32H21F9O/c1-2-3-4-5-18-6-9-21(10-7-18)32(40,41)42-22-16-24(33)23(25(34)17-22)11-8-19-12-26(35)30(27(36)13-19)20-14-28(37)31(39)29(38)15-20/h6-7,9-10,12-17H,2-5H2,1H3. The Kier molecular flexibility index (Phi) is 9.20. The maximum absolute atomic E-state index is 14.7. The summed E-state index contributed by atoms with van der Waals surface area (Å²) < 4.78 is 133. The first-order valence-corrected chi connectivity index (χ1v) is 12.7. The topological polar surface area (TPSA) is 9.23 Å². The van der Waals surface area contributed by atoms with E-state index in [1.165, 1.54) is 24.3 Å². The zero-order valence-corrected chi connectivity index (χ0v) is 21.9. The van der Waals surface area contributed by atoms with E-state index in [1.807, 2.05) is 12.8 Å². The third kappa shape index (κ3) is 6.90. The van der Waals surface area contributed by atoms with Gasteiger partial charge in [0.25, 0.3) is 0 Å². The van der Waals surface area contributed by atoms with E-state index in [9.17, 15) is 39.5 Å². The first kappa shape index (κ1) is 30.6. The number of halogens is 9. The predicted molar refractivity (Wildman–Crippen MR) is 138 cm³/mol. The molecular formula is C32H21F9O. The SMILES string of the molecule is CCCCCc1ccc(C(F)(F)Oc2cc(F)c(C#Cc3cc(F)c(-c4cc(F)c(F)c(F)c4)c(F)c3)c(F)c2)cc1. The highest BCUT2D eigenvalue weighted by atomic mass is 19.3. The van der Waals surface area contributed by atoms with Gasteiger partial charge in [-0.2, -0.15) is 8.78 Å². The molecule has 0 amide bonds. The van der Waals surface area contributed by atoms with E-state index in [0.717, 1.165) is 31.2 Å². The number of benzene rings is 4. The normalized spacial score (nSPS) is 11.3. The number of hydrogen-bond donors (Lipinski definition) is 0. The maximum Gasteiger partial charge on any atom is 0.426 e. The Morgan fingerprint density at radius 3 is 1.79 bits per heavy atom. The second-order valence-corrected chi connectivity index (χ2v) is 9.35. The van der Waals surface area contributed by atoms with E-state index in [-0.39, 0.29) is 0 Å². The van der Waals surface area contributed by atoms with E-state index >= 15 is 0 Å². The molecule has 1 nitrogen and oxygen atoms in total. The van der Waals surface area contributed by atoms with Gasteiger partial charge in [-0.05, 0) is 60.4 Å². The van der Waals surface area contributed by atoms with Crippen molar-refractivity contribution in [2.45, 2.75) is 38.7 Å². The van der Waals surface area contributed by atoms with Crippen LogP contribution in [0.2, 0.25) is 0 Å². The molecule has 218 valence electrons. The van der Waals surface area contributed by atoms with Crippen LogP contribution in [0, 0.1) is 52.6 Å². The van der Waals surface area contributed by atoms with Crippen LogP contribution in [0.15, 0.2) is 60.7 Å². The molecule has 0 fully saturated rings. The summed E-state index contributed by atoms with van der Waals surface area (Å²) in [5.74, 6) is -7.24. The fourth-order valence-corrected chi connectivity index (χ4v) is 4.14. The maximum atomic E-state index is 14.7. The number of aryl methyl sites for hydroxylation is 1. The molecule has 0 heterocycles. The first-order chi connectivity index (χ1) is 19.9. The average molecular weight is 593 g/mol. The van der Waals surface area contributed by atoms with Crippen molar-refractivity contribution in [2.75, 3.05) is 0 Å². The number of unbranched alkanes of at least 4 members (excludes halogenated alkanes) is 2. The fourth-order valence-electron chi connectivity index (χ4n) is 4.14. The van der Waals surface area contributed by atoms with E-state index in [2.05, 4.69) is 10.7 Å². The molecule has 4 aromatic carbocycles. The minimum Gasteiger partial charge on any atom is -0.429 e. The largest absolute Gasteiger partial charge is 0.429 e. The lowest BCUT2D eigenvalue weighted by Gasteiger charge is -2.19. The van der Waals surface area contributed by atoms with Crippen molar-refractivity contribution < 1.29 is 44.3 Å². The molecule has 0 aliphatic heterocycles. The molecule has 0 aliphatic carbocycles. The van der Waals surface area contributed by atoms with Crippen LogP contribution in [0.5, 0.6) is 5.75 Å². The molecule has 0 bridgehead atoms. The molecule has 0 saturated carbocycles. The zero-order valence-electron chi connectivity index (χ0n) is 21.9. The van der Waals surface area contributed by atoms with Gasteiger partial charge in [-0.15, -0.1) is 0 Å². The van der Waals surface area contributed by atoms with Crippen molar-refractivity contribution in [1.82, 2.24) is 0 Å². The third-order valence-electron chi connectivity index (χ3n) is 6.27. The highest BCUT2D eigenvalue weighted by Crippen LogP contribution is 2.34. The van der Waals surface area contributed by atoms with Gasteiger partial charge in [0.05, 0.1) is 16.7 Å². The number of rotatable bonds is 8. The lowest BCUT2D eigenvalue weighted by molar-refractivity contribution is -0.185. The van der Waals surface area contributed by atoms with Gasteiger partial charge in [0, 0.05) is 17.7 Å². The number of ether oxygens (including phenoxy) is 1. The van der Waals surface area contributed by atoms with Gasteiger partial charge in [-0.1, -0.05) is 43.7 Å². The Hall–Kier alpha value is -4.39. The van der Waals surface area contributed by atoms with Crippen LogP contribution in [-0.2, 0) is 12.5 Å². The zero-order chi connectivity index (χ0) is 30.6. The third-order valence-corrected chi connectivity index (χ3v) is 6.27. The molecule has 0 aromatic heterocycles. The second-order valence-electron chi connectivity index (χ2n) is 9.35. The molecule has 42 heavy (non-hydrogen) atoms. The molecule has 4 aromatic rings. The van der Waals surface area contributed by atoms with Gasteiger partial charge in [0.15, 0.2) is 17.5 Å². The molecule has 0 aliphatic rings. The summed E-state index contributed by atoms with van der Waals surface area (Å²) in [5, 5.41) is 0. The molecule has 10 heteroatoms. The van der Waals surface area contributed by atoms with Gasteiger partial charge in [-0.25, -0.2) is 30.7 Å². The summed E-state index contributed by atoms with van der Waals surface area (Å²) in [6.45, 7) is 2.04. The lowest BCUT2D eigenvalue weighted by atomic mass is 10.0. The van der Waals surface area contributed by atoms with Crippen molar-refractivity contribution in [3.8, 4) is 28.7 Å². The molecule has 4 rings (SSSR count). The van der Waals surface area contributed by atoms with Crippen molar-refractivity contribution >= 4 is 0 Å². The lowest BCUT2D eigenvalue weighted by Crippen LogP contribution is -2.22. The summed E-state index contributed by atoms with van der Waals surface area (Å²) in [6.07, 6.45) is -0.278. The summed E-state index contributed by atoms with van der Waals surface area (Å²) >= 11 is 0. The van der Waals surface area contributed by atoms with Gasteiger partial charge < -0.3 is 4.74 Å². The number of alkyl halides is 2. The van der Waals surface area contributed by atoms with Crippen molar-refractivity contribution in [3.05, 3.63) is 124 Å². The van der Waals surface area contributed by atoms with Gasteiger partial charge >= 0.3 is 6.11 Å². The van der Waals surface area contributed by atoms with Crippen LogP contribution in [0.3, 0.4) is 0 Å². The minimum absolute atomic E-state index is 0.396. The van der Waals surface area contributed by atoms with Crippen molar-refractivity contribution in [3.63, 3.8) is 0 Å². The Bertz CT molecular complexity index is 1600. The van der Waals surface area contributed by atoms with E-state index < -0.39 is 80.4 Å². The molecule has 0 saturated heterocycles. The quantitative estimate of drug-likeness (QED) is 0.0857. The van der Waals surface area contributed by atoms with Crippen LogP contribution >= 0.6 is 0 Å². The Morgan fingerprint density at radius 1 is 0.667 bits per heavy atom. The number of hydrogen-bond acceptors (Lipinski definition) is 1. The van der Waals surface area contributed by atoms with Crippen LogP contribution in [-0.4, -0.2) is 0 Å². The fraction of sp³-hybridized carbons (Fsp3) is 0.188. The predicted octanol–water partition coefficient (Wildman–Crippen LogP) is 9.59. The molecular weight excluding hydrogens is 571 g/mol. The van der Waals surface area contributed by atoms with Crippen LogP contribution in [0.25, 0.3) is 11.1 Å². The molecule has 0 radical (unpaired) electrons. The van der Waals surface area contributed by atoms with Crippen molar-refractivity contribution in [1.29, 1.82) is 0 Å². The Labute approximate surface area is 235 Å². The summed E-state index contributed by atoms with van der Waals surface area (Å²) in [4.78, 5) is 0. The second kappa shape index (κ2) is 12.6. The minimum atomic E-state index is -3.92. The van der Waals surface area contributed by atoms with E-state index in [0.29, 0.717) is 36.4 Å². The average Bonchev–Trinajstić information content (AvgIpc) is 2.91. The summed E-state index contributed by atoms with van der Waals surface area (Å²) in [6, 6.07) is 8.42. The Morgan fingerprint density at radius 2 is 1.24 bits per heavy atom.